The summed E-state index contributed by atoms with van der Waals surface area (Å²) in [6.07, 6.45) is -2.39. The fraction of sp³-hybridized carbons (Fsp3) is 0.673. The van der Waals surface area contributed by atoms with Crippen LogP contribution in [0.3, 0.4) is 0 Å². The SMILES string of the molecule is CC(C)CC1NC(=O)C(Cc2ccccc2)NC(=O)C(CCN)NC(=O)C(NC(=O)C(CCN)NC(=O)C(NC(=O)C2CCCC2N)C(C)O)CCNC(=O)C(C(C)O)NC(=O)C(CCN)NC(=O)C(CCN)NC1=O. The lowest BCUT2D eigenvalue weighted by Crippen LogP contribution is -2.61. The van der Waals surface area contributed by atoms with Crippen LogP contribution in [-0.2, 0) is 54.4 Å². The number of nitrogens with one attached hydrogen (secondary N) is 10. The lowest BCUT2D eigenvalue weighted by molar-refractivity contribution is -0.137. The lowest BCUT2D eigenvalue weighted by atomic mass is 10.00. The number of nitrogens with two attached hydrogens (primary N) is 5. The molecule has 0 aromatic heterocycles. The first-order valence-corrected chi connectivity index (χ1v) is 26.0. The van der Waals surface area contributed by atoms with Crippen molar-refractivity contribution in [1.29, 1.82) is 0 Å². The summed E-state index contributed by atoms with van der Waals surface area (Å²) in [6.45, 7) is 5.04. The summed E-state index contributed by atoms with van der Waals surface area (Å²) in [7, 11) is 0. The molecule has 3 rings (SSSR count). The zero-order valence-corrected chi connectivity index (χ0v) is 43.9. The molecule has 13 atom stereocenters. The largest absolute Gasteiger partial charge is 0.391 e. The van der Waals surface area contributed by atoms with E-state index in [1.54, 1.807) is 44.2 Å². The Morgan fingerprint density at radius 1 is 0.618 bits per heavy atom. The van der Waals surface area contributed by atoms with Crippen LogP contribution in [0.15, 0.2) is 30.3 Å². The highest BCUT2D eigenvalue weighted by atomic mass is 16.3. The monoisotopic (exact) mass is 1070 g/mol. The predicted octanol–water partition coefficient (Wildman–Crippen LogP) is -6.56. The summed E-state index contributed by atoms with van der Waals surface area (Å²) in [5.41, 5.74) is 30.2. The molecule has 0 radical (unpaired) electrons. The van der Waals surface area contributed by atoms with Gasteiger partial charge in [-0.3, -0.25) is 47.9 Å². The van der Waals surface area contributed by atoms with Gasteiger partial charge in [-0.25, -0.2) is 0 Å². The van der Waals surface area contributed by atoms with Gasteiger partial charge < -0.3 is 92.0 Å². The van der Waals surface area contributed by atoms with Crippen LogP contribution in [0, 0.1) is 11.8 Å². The topological polar surface area (TPSA) is 462 Å². The highest BCUT2D eigenvalue weighted by molar-refractivity contribution is 5.99. The van der Waals surface area contributed by atoms with Gasteiger partial charge >= 0.3 is 0 Å². The normalized spacial score (nSPS) is 26.4. The van der Waals surface area contributed by atoms with E-state index < -0.39 is 151 Å². The molecule has 1 saturated carbocycles. The maximum absolute atomic E-state index is 14.4. The van der Waals surface area contributed by atoms with Crippen molar-refractivity contribution in [3.63, 3.8) is 0 Å². The summed E-state index contributed by atoms with van der Waals surface area (Å²) < 4.78 is 0. The molecular weight excluding hydrogens is 991 g/mol. The van der Waals surface area contributed by atoms with Crippen LogP contribution in [0.25, 0.3) is 0 Å². The third kappa shape index (κ3) is 20.3. The zero-order valence-electron chi connectivity index (χ0n) is 43.9. The number of hydrogen-bond donors (Lipinski definition) is 17. The summed E-state index contributed by atoms with van der Waals surface area (Å²) in [6, 6.07) is -5.03. The summed E-state index contributed by atoms with van der Waals surface area (Å²) in [4.78, 5) is 139. The molecule has 1 aromatic carbocycles. The first-order chi connectivity index (χ1) is 36.0. The molecule has 1 aromatic rings. The molecule has 1 aliphatic carbocycles. The van der Waals surface area contributed by atoms with E-state index in [4.69, 9.17) is 28.7 Å². The molecule has 1 heterocycles. The molecule has 27 nitrogen and oxygen atoms in total. The van der Waals surface area contributed by atoms with E-state index in [2.05, 4.69) is 53.2 Å². The Morgan fingerprint density at radius 2 is 1.13 bits per heavy atom. The van der Waals surface area contributed by atoms with Crippen LogP contribution >= 0.6 is 0 Å². The molecule has 76 heavy (non-hydrogen) atoms. The molecular formula is C49H83N15O12. The highest BCUT2D eigenvalue weighted by Crippen LogP contribution is 2.24. The number of rotatable bonds is 20. The number of aliphatic hydroxyl groups excluding tert-OH is 2. The van der Waals surface area contributed by atoms with Gasteiger partial charge in [0.15, 0.2) is 0 Å². The second kappa shape index (κ2) is 32.3. The van der Waals surface area contributed by atoms with Crippen LogP contribution in [0.2, 0.25) is 0 Å². The van der Waals surface area contributed by atoms with E-state index in [1.165, 1.54) is 13.8 Å². The molecule has 13 unspecified atom stereocenters. The van der Waals surface area contributed by atoms with Gasteiger partial charge in [0.1, 0.15) is 54.4 Å². The lowest BCUT2D eigenvalue weighted by Gasteiger charge is -2.29. The molecule has 2 fully saturated rings. The minimum atomic E-state index is -1.66. The van der Waals surface area contributed by atoms with Crippen molar-refractivity contribution < 1.29 is 58.2 Å². The second-order valence-electron chi connectivity index (χ2n) is 19.8. The molecule has 426 valence electrons. The fourth-order valence-electron chi connectivity index (χ4n) is 8.76. The highest BCUT2D eigenvalue weighted by Gasteiger charge is 2.38. The number of aliphatic hydroxyl groups is 2. The average Bonchev–Trinajstić information content (AvgIpc) is 3.80. The Labute approximate surface area is 443 Å². The Morgan fingerprint density at radius 3 is 1.63 bits per heavy atom. The van der Waals surface area contributed by atoms with Crippen molar-refractivity contribution >= 4 is 59.1 Å². The second-order valence-corrected chi connectivity index (χ2v) is 19.8. The maximum Gasteiger partial charge on any atom is 0.245 e. The number of carbonyl (C=O) groups is 10. The van der Waals surface area contributed by atoms with Gasteiger partial charge in [-0.2, -0.15) is 0 Å². The van der Waals surface area contributed by atoms with E-state index in [-0.39, 0.29) is 70.6 Å². The molecule has 22 N–H and O–H groups in total. The van der Waals surface area contributed by atoms with Gasteiger partial charge in [-0.05, 0) is 103 Å². The van der Waals surface area contributed by atoms with E-state index in [9.17, 15) is 58.2 Å². The van der Waals surface area contributed by atoms with Gasteiger partial charge in [0.05, 0.1) is 18.1 Å². The van der Waals surface area contributed by atoms with Gasteiger partial charge in [-0.15, -0.1) is 0 Å². The first-order valence-electron chi connectivity index (χ1n) is 26.0. The van der Waals surface area contributed by atoms with Crippen molar-refractivity contribution in [2.24, 2.45) is 40.5 Å². The van der Waals surface area contributed by atoms with Crippen LogP contribution in [-0.4, -0.2) is 175 Å². The minimum absolute atomic E-state index is 0.0591. The van der Waals surface area contributed by atoms with Gasteiger partial charge in [0.2, 0.25) is 59.1 Å². The predicted molar refractivity (Wildman–Crippen MR) is 278 cm³/mol. The fourth-order valence-corrected chi connectivity index (χ4v) is 8.76. The van der Waals surface area contributed by atoms with Crippen LogP contribution in [0.1, 0.15) is 91.0 Å². The third-order valence-corrected chi connectivity index (χ3v) is 13.0. The third-order valence-electron chi connectivity index (χ3n) is 13.0. The van der Waals surface area contributed by atoms with Crippen molar-refractivity contribution in [3.05, 3.63) is 35.9 Å². The Hall–Kier alpha value is -6.36. The molecule has 1 aliphatic heterocycles. The van der Waals surface area contributed by atoms with Crippen LogP contribution < -0.4 is 81.8 Å². The van der Waals surface area contributed by atoms with Gasteiger partial charge in [0.25, 0.3) is 0 Å². The van der Waals surface area contributed by atoms with Crippen molar-refractivity contribution in [2.45, 2.75) is 165 Å². The molecule has 2 aliphatic rings. The molecule has 1 saturated heterocycles. The quantitative estimate of drug-likeness (QED) is 0.0577. The number of hydrogen-bond acceptors (Lipinski definition) is 17. The maximum atomic E-state index is 14.4. The summed E-state index contributed by atoms with van der Waals surface area (Å²) in [5.74, 6) is -9.56. The number of benzene rings is 1. The van der Waals surface area contributed by atoms with Crippen molar-refractivity contribution in [1.82, 2.24) is 53.2 Å². The van der Waals surface area contributed by atoms with Crippen molar-refractivity contribution in [3.8, 4) is 0 Å². The van der Waals surface area contributed by atoms with Gasteiger partial charge in [-0.1, -0.05) is 50.6 Å². The summed E-state index contributed by atoms with van der Waals surface area (Å²) in [5, 5.41) is 46.9. The standard InChI is InChI=1S/C49H83N15O12/c1-25(2)23-36-46(73)58-31(13-18-50)41(68)57-34(16-21-53)45(72)64-38(26(3)65)48(75)55-22-17-35(44(71)56-32(14-19-51)43(70)62-37(47(74)61-36)24-28-9-6-5-7-10-28)59-42(69)33(15-20-52)60-49(76)39(27(4)66)63-40(67)29-11-8-12-30(29)54/h5-7,9-10,25-27,29-39,65-66H,8,11-24,50-54H2,1-4H3,(H,55,75)(H,56,71)(H,57,68)(H,58,73)(H,59,69)(H,60,76)(H,61,74)(H,62,70)(H,63,67)(H,64,72). The molecule has 0 spiro atoms. The van der Waals surface area contributed by atoms with E-state index >= 15 is 0 Å². The van der Waals surface area contributed by atoms with Crippen LogP contribution in [0.4, 0.5) is 0 Å². The average molecular weight is 1070 g/mol. The van der Waals surface area contributed by atoms with Crippen LogP contribution in [0.5, 0.6) is 0 Å². The minimum Gasteiger partial charge on any atom is -0.391 e. The molecule has 0 bridgehead atoms. The molecule has 27 heteroatoms. The van der Waals surface area contributed by atoms with E-state index in [0.717, 1.165) is 0 Å². The number of carbonyl (C=O) groups excluding carboxylic acids is 10. The smallest absolute Gasteiger partial charge is 0.245 e. The number of amides is 10. The first kappa shape index (κ1) is 63.9. The Kier molecular flexibility index (Phi) is 27.1. The zero-order chi connectivity index (χ0) is 56.6. The van der Waals surface area contributed by atoms with E-state index in [1.807, 2.05) is 0 Å². The summed E-state index contributed by atoms with van der Waals surface area (Å²) >= 11 is 0. The molecule has 10 amide bonds. The van der Waals surface area contributed by atoms with Crippen molar-refractivity contribution in [2.75, 3.05) is 32.7 Å². The Balaban J connectivity index is 2.11. The van der Waals surface area contributed by atoms with E-state index in [0.29, 0.717) is 24.8 Å². The Bertz CT molecular complexity index is 2120. The van der Waals surface area contributed by atoms with Gasteiger partial charge in [0, 0.05) is 19.0 Å².